The van der Waals surface area contributed by atoms with Crippen LogP contribution in [0.4, 0.5) is 0 Å². The summed E-state index contributed by atoms with van der Waals surface area (Å²) in [5, 5.41) is 0. The molecule has 0 saturated carbocycles. The summed E-state index contributed by atoms with van der Waals surface area (Å²) in [5.41, 5.74) is 0.968. The molecule has 1 aromatic heterocycles. The van der Waals surface area contributed by atoms with Crippen LogP contribution < -0.4 is 0 Å². The molecule has 4 rings (SSSR count). The van der Waals surface area contributed by atoms with Gasteiger partial charge in [0.05, 0.1) is 11.7 Å². The maximum Gasteiger partial charge on any atom is 0.246 e. The van der Waals surface area contributed by atoms with Crippen molar-refractivity contribution in [2.75, 3.05) is 19.6 Å². The van der Waals surface area contributed by atoms with Crippen LogP contribution in [0.15, 0.2) is 23.1 Å². The average molecular weight is 380 g/mol. The summed E-state index contributed by atoms with van der Waals surface area (Å²) in [6.45, 7) is 1.84. The molecule has 2 saturated heterocycles. The largest absolute Gasteiger partial charge is 0.341 e. The number of sulfonamides is 1. The number of rotatable bonds is 3. The molecule has 0 bridgehead atoms. The van der Waals surface area contributed by atoms with E-state index in [1.165, 1.54) is 4.31 Å². The third-order valence-corrected chi connectivity index (χ3v) is 7.47. The Bertz CT molecular complexity index is 890. The zero-order chi connectivity index (χ0) is 17.4. The minimum absolute atomic E-state index is 0.0515. The maximum atomic E-state index is 13.3. The lowest BCUT2D eigenvalue weighted by Crippen LogP contribution is -2.52. The van der Waals surface area contributed by atoms with Crippen LogP contribution in [-0.4, -0.2) is 58.0 Å². The van der Waals surface area contributed by atoms with E-state index in [0.29, 0.717) is 24.0 Å². The second-order valence-corrected chi connectivity index (χ2v) is 8.94. The van der Waals surface area contributed by atoms with Gasteiger partial charge in [-0.05, 0) is 37.8 Å². The van der Waals surface area contributed by atoms with Gasteiger partial charge in [0.1, 0.15) is 22.0 Å². The first-order chi connectivity index (χ1) is 12.1. The van der Waals surface area contributed by atoms with Crippen molar-refractivity contribution in [3.63, 3.8) is 0 Å². The van der Waals surface area contributed by atoms with Crippen molar-refractivity contribution in [1.29, 1.82) is 0 Å². The molecule has 1 atom stereocenters. The Hall–Kier alpha value is -1.58. The van der Waals surface area contributed by atoms with Crippen LogP contribution in [-0.2, 0) is 14.8 Å². The van der Waals surface area contributed by atoms with Crippen molar-refractivity contribution >= 4 is 38.7 Å². The Labute approximate surface area is 151 Å². The summed E-state index contributed by atoms with van der Waals surface area (Å²) >= 11 is 0.999. The summed E-state index contributed by atoms with van der Waals surface area (Å²) in [6, 6.07) is 4.39. The second-order valence-electron chi connectivity index (χ2n) is 6.55. The Kier molecular flexibility index (Phi) is 4.47. The van der Waals surface area contributed by atoms with Gasteiger partial charge in [-0.3, -0.25) is 4.79 Å². The van der Waals surface area contributed by atoms with Crippen LogP contribution in [0.3, 0.4) is 0 Å². The fraction of sp³-hybridized carbons (Fsp3) is 0.562. The summed E-state index contributed by atoms with van der Waals surface area (Å²) < 4.78 is 36.3. The monoisotopic (exact) mass is 380 g/mol. The lowest BCUT2D eigenvalue weighted by atomic mass is 10.0. The zero-order valence-corrected chi connectivity index (χ0v) is 15.4. The number of hydrogen-bond donors (Lipinski definition) is 0. The number of carbonyl (C=O) groups excluding carboxylic acids is 1. The number of fused-ring (bicyclic) bond motifs is 1. The van der Waals surface area contributed by atoms with Crippen LogP contribution in [0.25, 0.3) is 11.0 Å². The minimum Gasteiger partial charge on any atom is -0.341 e. The molecule has 2 aliphatic rings. The molecule has 9 heteroatoms. The minimum atomic E-state index is -3.79. The van der Waals surface area contributed by atoms with Gasteiger partial charge in [-0.1, -0.05) is 12.5 Å². The van der Waals surface area contributed by atoms with Gasteiger partial charge in [-0.15, -0.1) is 0 Å². The zero-order valence-electron chi connectivity index (χ0n) is 13.8. The molecule has 2 aliphatic heterocycles. The smallest absolute Gasteiger partial charge is 0.246 e. The molecule has 25 heavy (non-hydrogen) atoms. The van der Waals surface area contributed by atoms with Crippen molar-refractivity contribution in [1.82, 2.24) is 18.0 Å². The molecule has 134 valence electrons. The first-order valence-corrected chi connectivity index (χ1v) is 10.8. The molecule has 1 aromatic carbocycles. The number of benzene rings is 1. The predicted octanol–water partition coefficient (Wildman–Crippen LogP) is 1.86. The number of nitrogens with zero attached hydrogens (tertiary/aromatic N) is 4. The van der Waals surface area contributed by atoms with Gasteiger partial charge in [0, 0.05) is 19.6 Å². The highest BCUT2D eigenvalue weighted by Crippen LogP contribution is 2.30. The van der Waals surface area contributed by atoms with Gasteiger partial charge in [0.2, 0.25) is 15.9 Å². The highest BCUT2D eigenvalue weighted by Gasteiger charge is 2.40. The van der Waals surface area contributed by atoms with Crippen molar-refractivity contribution < 1.29 is 13.2 Å². The summed E-state index contributed by atoms with van der Waals surface area (Å²) in [6.07, 6.45) is 4.22. The van der Waals surface area contributed by atoms with Crippen LogP contribution in [0.2, 0.25) is 0 Å². The fourth-order valence-corrected chi connectivity index (χ4v) is 6.11. The highest BCUT2D eigenvalue weighted by atomic mass is 32.2. The average Bonchev–Trinajstić information content (AvgIpc) is 3.32. The summed E-state index contributed by atoms with van der Waals surface area (Å²) in [5.74, 6) is -0.0515. The van der Waals surface area contributed by atoms with Gasteiger partial charge in [-0.2, -0.15) is 13.1 Å². The Morgan fingerprint density at radius 2 is 1.84 bits per heavy atom. The molecule has 1 amide bonds. The number of carbonyl (C=O) groups is 1. The van der Waals surface area contributed by atoms with Gasteiger partial charge in [0.15, 0.2) is 0 Å². The van der Waals surface area contributed by atoms with E-state index < -0.39 is 16.1 Å². The van der Waals surface area contributed by atoms with E-state index in [1.807, 2.05) is 4.90 Å². The second kappa shape index (κ2) is 6.62. The van der Waals surface area contributed by atoms with E-state index in [0.717, 1.165) is 50.5 Å². The first-order valence-electron chi connectivity index (χ1n) is 8.61. The molecule has 0 radical (unpaired) electrons. The third-order valence-electron chi connectivity index (χ3n) is 4.99. The lowest BCUT2D eigenvalue weighted by Gasteiger charge is -2.35. The van der Waals surface area contributed by atoms with Gasteiger partial charge in [0.25, 0.3) is 0 Å². The molecule has 0 aliphatic carbocycles. The predicted molar refractivity (Wildman–Crippen MR) is 94.8 cm³/mol. The molecule has 0 spiro atoms. The molecule has 1 unspecified atom stereocenters. The Morgan fingerprint density at radius 3 is 2.64 bits per heavy atom. The molecule has 7 nitrogen and oxygen atoms in total. The summed E-state index contributed by atoms with van der Waals surface area (Å²) in [4.78, 5) is 14.9. The quantitative estimate of drug-likeness (QED) is 0.811. The van der Waals surface area contributed by atoms with Crippen molar-refractivity contribution in [2.24, 2.45) is 0 Å². The number of amides is 1. The van der Waals surface area contributed by atoms with Crippen LogP contribution in [0.1, 0.15) is 32.1 Å². The first kappa shape index (κ1) is 16.9. The SMILES string of the molecule is O=C(C1CCCCN1S(=O)(=O)c1cccc2nsnc12)N1CCCC1. The number of aromatic nitrogens is 2. The van der Waals surface area contributed by atoms with E-state index in [9.17, 15) is 13.2 Å². The van der Waals surface area contributed by atoms with Crippen molar-refractivity contribution in [3.05, 3.63) is 18.2 Å². The van der Waals surface area contributed by atoms with E-state index in [1.54, 1.807) is 18.2 Å². The number of hydrogen-bond acceptors (Lipinski definition) is 6. The molecular formula is C16H20N4O3S2. The van der Waals surface area contributed by atoms with E-state index >= 15 is 0 Å². The van der Waals surface area contributed by atoms with Crippen LogP contribution >= 0.6 is 11.7 Å². The van der Waals surface area contributed by atoms with E-state index in [-0.39, 0.29) is 10.8 Å². The van der Waals surface area contributed by atoms with E-state index in [2.05, 4.69) is 8.75 Å². The lowest BCUT2D eigenvalue weighted by molar-refractivity contribution is -0.135. The van der Waals surface area contributed by atoms with Gasteiger partial charge in [-0.25, -0.2) is 8.42 Å². The van der Waals surface area contributed by atoms with Crippen molar-refractivity contribution in [3.8, 4) is 0 Å². The van der Waals surface area contributed by atoms with Gasteiger partial charge < -0.3 is 4.90 Å². The van der Waals surface area contributed by atoms with Crippen LogP contribution in [0, 0.1) is 0 Å². The summed E-state index contributed by atoms with van der Waals surface area (Å²) in [7, 11) is -3.79. The number of piperidine rings is 1. The molecule has 2 fully saturated rings. The maximum absolute atomic E-state index is 13.3. The topological polar surface area (TPSA) is 83.5 Å². The Balaban J connectivity index is 1.72. The number of likely N-dealkylation sites (tertiary alicyclic amines) is 1. The van der Waals surface area contributed by atoms with Gasteiger partial charge >= 0.3 is 0 Å². The fourth-order valence-electron chi connectivity index (χ4n) is 3.70. The highest BCUT2D eigenvalue weighted by molar-refractivity contribution is 7.89. The Morgan fingerprint density at radius 1 is 1.08 bits per heavy atom. The molecule has 0 N–H and O–H groups in total. The normalized spacial score (nSPS) is 22.6. The molecule has 3 heterocycles. The molecular weight excluding hydrogens is 360 g/mol. The standard InChI is InChI=1S/C16H20N4O3S2/c21-16(19-9-3-4-10-19)13-7-1-2-11-20(13)25(22,23)14-8-5-6-12-15(14)18-24-17-12/h5-6,8,13H,1-4,7,9-11H2. The third kappa shape index (κ3) is 2.94. The molecule has 2 aromatic rings. The van der Waals surface area contributed by atoms with Crippen molar-refractivity contribution in [2.45, 2.75) is 43.0 Å². The van der Waals surface area contributed by atoms with E-state index in [4.69, 9.17) is 0 Å². The van der Waals surface area contributed by atoms with Crippen LogP contribution in [0.5, 0.6) is 0 Å².